The summed E-state index contributed by atoms with van der Waals surface area (Å²) in [6, 6.07) is 6.47. The van der Waals surface area contributed by atoms with E-state index in [0.29, 0.717) is 6.54 Å². The summed E-state index contributed by atoms with van der Waals surface area (Å²) in [6.45, 7) is 5.23. The van der Waals surface area contributed by atoms with E-state index in [9.17, 15) is 4.79 Å². The van der Waals surface area contributed by atoms with Crippen molar-refractivity contribution in [1.29, 1.82) is 0 Å². The molecule has 3 rings (SSSR count). The first-order valence-electron chi connectivity index (χ1n) is 6.38. The van der Waals surface area contributed by atoms with Gasteiger partial charge in [-0.3, -0.25) is 10.1 Å². The second-order valence-electron chi connectivity index (χ2n) is 5.50. The van der Waals surface area contributed by atoms with Crippen molar-refractivity contribution in [2.45, 2.75) is 31.8 Å². The molecule has 0 saturated carbocycles. The molecular formula is C14H18N2O2. The van der Waals surface area contributed by atoms with Gasteiger partial charge in [-0.25, -0.2) is 0 Å². The summed E-state index contributed by atoms with van der Waals surface area (Å²) in [6.07, 6.45) is 0.978. The smallest absolute Gasteiger partial charge is 0.239 e. The van der Waals surface area contributed by atoms with E-state index in [4.69, 9.17) is 4.74 Å². The van der Waals surface area contributed by atoms with Gasteiger partial charge in [0.05, 0.1) is 18.2 Å². The molecule has 1 amide bonds. The van der Waals surface area contributed by atoms with Crippen molar-refractivity contribution >= 4 is 5.91 Å². The van der Waals surface area contributed by atoms with Gasteiger partial charge < -0.3 is 10.1 Å². The quantitative estimate of drug-likeness (QED) is 0.782. The number of carbonyl (C=O) groups is 1. The highest BCUT2D eigenvalue weighted by Gasteiger charge is 2.35. The molecular weight excluding hydrogens is 228 g/mol. The van der Waals surface area contributed by atoms with Crippen molar-refractivity contribution < 1.29 is 9.53 Å². The Labute approximate surface area is 107 Å². The summed E-state index contributed by atoms with van der Waals surface area (Å²) in [5.74, 6) is 1.06. The van der Waals surface area contributed by atoms with Crippen LogP contribution in [0.5, 0.6) is 5.75 Å². The van der Waals surface area contributed by atoms with Gasteiger partial charge in [-0.1, -0.05) is 12.1 Å². The van der Waals surface area contributed by atoms with Crippen LogP contribution in [0.1, 0.15) is 31.0 Å². The van der Waals surface area contributed by atoms with Crippen molar-refractivity contribution in [2.24, 2.45) is 0 Å². The zero-order valence-electron chi connectivity index (χ0n) is 10.7. The fourth-order valence-electron chi connectivity index (χ4n) is 2.59. The Hall–Kier alpha value is -1.55. The summed E-state index contributed by atoms with van der Waals surface area (Å²) in [7, 11) is 0. The lowest BCUT2D eigenvalue weighted by atomic mass is 9.94. The number of piperazine rings is 1. The number of benzene rings is 1. The summed E-state index contributed by atoms with van der Waals surface area (Å²) in [4.78, 5) is 11.7. The van der Waals surface area contributed by atoms with Crippen LogP contribution in [0.25, 0.3) is 0 Å². The molecule has 2 heterocycles. The maximum Gasteiger partial charge on any atom is 0.239 e. The molecule has 0 aliphatic carbocycles. The summed E-state index contributed by atoms with van der Waals surface area (Å²) in [5, 5.41) is 6.35. The van der Waals surface area contributed by atoms with E-state index in [-0.39, 0.29) is 11.9 Å². The van der Waals surface area contributed by atoms with Crippen LogP contribution in [0.15, 0.2) is 18.2 Å². The fourth-order valence-corrected chi connectivity index (χ4v) is 2.59. The number of hydrogen-bond acceptors (Lipinski definition) is 3. The second-order valence-corrected chi connectivity index (χ2v) is 5.50. The van der Waals surface area contributed by atoms with Gasteiger partial charge in [0.1, 0.15) is 5.75 Å². The molecule has 2 aliphatic rings. The molecule has 0 spiro atoms. The van der Waals surface area contributed by atoms with Crippen LogP contribution in [0.3, 0.4) is 0 Å². The largest absolute Gasteiger partial charge is 0.493 e. The topological polar surface area (TPSA) is 50.4 Å². The second kappa shape index (κ2) is 3.99. The minimum absolute atomic E-state index is 0.0586. The van der Waals surface area contributed by atoms with E-state index in [0.717, 1.165) is 18.8 Å². The maximum absolute atomic E-state index is 11.7. The predicted molar refractivity (Wildman–Crippen MR) is 68.6 cm³/mol. The molecule has 2 aliphatic heterocycles. The molecule has 1 unspecified atom stereocenters. The van der Waals surface area contributed by atoms with Gasteiger partial charge in [-0.15, -0.1) is 0 Å². The lowest BCUT2D eigenvalue weighted by Gasteiger charge is -2.36. The van der Waals surface area contributed by atoms with E-state index < -0.39 is 5.54 Å². The van der Waals surface area contributed by atoms with Crippen molar-refractivity contribution in [1.82, 2.24) is 10.6 Å². The van der Waals surface area contributed by atoms with Crippen LogP contribution >= 0.6 is 0 Å². The van der Waals surface area contributed by atoms with Gasteiger partial charge in [0, 0.05) is 13.0 Å². The molecule has 1 aromatic rings. The van der Waals surface area contributed by atoms with Crippen molar-refractivity contribution in [3.63, 3.8) is 0 Å². The Kier molecular flexibility index (Phi) is 2.55. The lowest BCUT2D eigenvalue weighted by Crippen LogP contribution is -2.60. The van der Waals surface area contributed by atoms with E-state index in [2.05, 4.69) is 22.8 Å². The van der Waals surface area contributed by atoms with Crippen molar-refractivity contribution in [3.05, 3.63) is 29.3 Å². The van der Waals surface area contributed by atoms with Crippen LogP contribution in [-0.4, -0.2) is 24.6 Å². The predicted octanol–water partition coefficient (Wildman–Crippen LogP) is 1.16. The minimum atomic E-state index is -0.515. The SMILES string of the molecule is CC1(C)NC(c2ccc3c(c2)CCO3)CNC1=O. The highest BCUT2D eigenvalue weighted by atomic mass is 16.5. The number of fused-ring (bicyclic) bond motifs is 1. The molecule has 0 aromatic heterocycles. The van der Waals surface area contributed by atoms with Crippen molar-refractivity contribution in [3.8, 4) is 5.75 Å². The first-order valence-corrected chi connectivity index (χ1v) is 6.38. The number of carbonyl (C=O) groups excluding carboxylic acids is 1. The molecule has 4 heteroatoms. The van der Waals surface area contributed by atoms with Gasteiger partial charge >= 0.3 is 0 Å². The van der Waals surface area contributed by atoms with Gasteiger partial charge in [0.2, 0.25) is 5.91 Å². The number of ether oxygens (including phenoxy) is 1. The summed E-state index contributed by atoms with van der Waals surface area (Å²) < 4.78 is 5.51. The molecule has 2 N–H and O–H groups in total. The van der Waals surface area contributed by atoms with E-state index in [1.54, 1.807) is 0 Å². The highest BCUT2D eigenvalue weighted by Crippen LogP contribution is 2.29. The van der Waals surface area contributed by atoms with Crippen LogP contribution in [0.4, 0.5) is 0 Å². The van der Waals surface area contributed by atoms with Crippen LogP contribution in [0, 0.1) is 0 Å². The van der Waals surface area contributed by atoms with Crippen LogP contribution < -0.4 is 15.4 Å². The highest BCUT2D eigenvalue weighted by molar-refractivity contribution is 5.86. The number of hydrogen-bond donors (Lipinski definition) is 2. The zero-order valence-corrected chi connectivity index (χ0v) is 10.7. The Morgan fingerprint density at radius 3 is 3.00 bits per heavy atom. The average Bonchev–Trinajstić information content (AvgIpc) is 2.79. The maximum atomic E-state index is 11.7. The normalized spacial score (nSPS) is 25.2. The number of amides is 1. The molecule has 4 nitrogen and oxygen atoms in total. The minimum Gasteiger partial charge on any atom is -0.493 e. The summed E-state index contributed by atoms with van der Waals surface area (Å²) in [5.41, 5.74) is 1.97. The molecule has 1 saturated heterocycles. The number of nitrogens with one attached hydrogen (secondary N) is 2. The fraction of sp³-hybridized carbons (Fsp3) is 0.500. The standard InChI is InChI=1S/C14H18N2O2/c1-14(2)13(17)15-8-11(16-14)9-3-4-12-10(7-9)5-6-18-12/h3-4,7,11,16H,5-6,8H2,1-2H3,(H,15,17). The van der Waals surface area contributed by atoms with Gasteiger partial charge in [0.15, 0.2) is 0 Å². The average molecular weight is 246 g/mol. The third-order valence-electron chi connectivity index (χ3n) is 3.69. The van der Waals surface area contributed by atoms with Crippen LogP contribution in [0.2, 0.25) is 0 Å². The molecule has 1 atom stereocenters. The van der Waals surface area contributed by atoms with Gasteiger partial charge in [-0.05, 0) is 31.0 Å². The van der Waals surface area contributed by atoms with E-state index in [1.165, 1.54) is 11.1 Å². The zero-order chi connectivity index (χ0) is 12.8. The lowest BCUT2D eigenvalue weighted by molar-refractivity contribution is -0.128. The Bertz CT molecular complexity index is 497. The summed E-state index contributed by atoms with van der Waals surface area (Å²) >= 11 is 0. The molecule has 1 aromatic carbocycles. The van der Waals surface area contributed by atoms with Gasteiger partial charge in [-0.2, -0.15) is 0 Å². The molecule has 0 radical (unpaired) electrons. The number of rotatable bonds is 1. The Morgan fingerprint density at radius 1 is 1.39 bits per heavy atom. The molecule has 18 heavy (non-hydrogen) atoms. The third-order valence-corrected chi connectivity index (χ3v) is 3.69. The van der Waals surface area contributed by atoms with Crippen LogP contribution in [-0.2, 0) is 11.2 Å². The monoisotopic (exact) mass is 246 g/mol. The molecule has 0 bridgehead atoms. The van der Waals surface area contributed by atoms with E-state index >= 15 is 0 Å². The first-order chi connectivity index (χ1) is 8.56. The Balaban J connectivity index is 1.85. The molecule has 1 fully saturated rings. The molecule has 96 valence electrons. The Morgan fingerprint density at radius 2 is 2.22 bits per heavy atom. The van der Waals surface area contributed by atoms with Gasteiger partial charge in [0.25, 0.3) is 0 Å². The van der Waals surface area contributed by atoms with E-state index in [1.807, 2.05) is 19.9 Å². The third kappa shape index (κ3) is 1.86. The first kappa shape index (κ1) is 11.5. The van der Waals surface area contributed by atoms with Crippen molar-refractivity contribution in [2.75, 3.05) is 13.2 Å².